The Morgan fingerprint density at radius 3 is 1.54 bits per heavy atom. The summed E-state index contributed by atoms with van der Waals surface area (Å²) in [6.45, 7) is 7.08. The zero-order chi connectivity index (χ0) is 18.9. The standard InChI is InChI=1S/C10H21.C7H7.2C4H9.Sb.H/c1-3-5-7-9-10-8-6-4-2;1-7-5-3-2-4-6-7;2*1-3-4-2;;/h1,3-10H2,2H3;2-6H,1H2;2*1,3-4H2,2H3;;. The summed E-state index contributed by atoms with van der Waals surface area (Å²) in [5.41, 5.74) is 1.65. The molecule has 0 fully saturated rings. The first-order valence-electron chi connectivity index (χ1n) is 11.8. The van der Waals surface area contributed by atoms with Crippen LogP contribution in [0.2, 0.25) is 13.1 Å². The maximum absolute atomic E-state index is 2.40. The molecule has 0 spiro atoms. The van der Waals surface area contributed by atoms with Gasteiger partial charge in [0.15, 0.2) is 0 Å². The molecule has 0 aliphatic carbocycles. The third-order valence-electron chi connectivity index (χ3n) is 6.10. The summed E-state index contributed by atoms with van der Waals surface area (Å²) in [6.07, 6.45) is 17.5. The Kier molecular flexibility index (Phi) is 14.8. The van der Waals surface area contributed by atoms with Crippen LogP contribution in [0.3, 0.4) is 0 Å². The Bertz CT molecular complexity index is 403. The van der Waals surface area contributed by atoms with E-state index in [-0.39, 0.29) is 0 Å². The molecule has 26 heavy (non-hydrogen) atoms. The second kappa shape index (κ2) is 16.0. The zero-order valence-electron chi connectivity index (χ0n) is 18.2. The van der Waals surface area contributed by atoms with Crippen molar-refractivity contribution < 1.29 is 0 Å². The van der Waals surface area contributed by atoms with Crippen LogP contribution in [-0.2, 0) is 4.37 Å². The predicted molar refractivity (Wildman–Crippen MR) is 124 cm³/mol. The summed E-state index contributed by atoms with van der Waals surface area (Å²) >= 11 is -2.04. The molecule has 0 nitrogen and oxygen atoms in total. The molecule has 0 saturated heterocycles. The molecule has 0 aromatic heterocycles. The van der Waals surface area contributed by atoms with Crippen molar-refractivity contribution in [1.29, 1.82) is 0 Å². The van der Waals surface area contributed by atoms with Gasteiger partial charge in [-0.05, 0) is 0 Å². The van der Waals surface area contributed by atoms with Gasteiger partial charge in [-0.2, -0.15) is 0 Å². The van der Waals surface area contributed by atoms with Crippen molar-refractivity contribution in [3.63, 3.8) is 0 Å². The average Bonchev–Trinajstić information content (AvgIpc) is 2.67. The van der Waals surface area contributed by atoms with Gasteiger partial charge in [0.25, 0.3) is 0 Å². The summed E-state index contributed by atoms with van der Waals surface area (Å²) in [6, 6.07) is 11.5. The van der Waals surface area contributed by atoms with E-state index in [9.17, 15) is 0 Å². The molecule has 1 aromatic rings. The van der Waals surface area contributed by atoms with Gasteiger partial charge in [0, 0.05) is 0 Å². The third-order valence-corrected chi connectivity index (χ3v) is 21.5. The fourth-order valence-corrected chi connectivity index (χ4v) is 20.4. The number of unbranched alkanes of at least 4 members (excludes halogenated alkanes) is 9. The minimum atomic E-state index is -2.04. The number of rotatable bonds is 17. The summed E-state index contributed by atoms with van der Waals surface area (Å²) in [4.78, 5) is 0. The SMILES string of the molecule is CCCCCCCCC[CH2][SbH]([CH2]CCC)([CH2]CCC)[CH2]c1ccccc1. The summed E-state index contributed by atoms with van der Waals surface area (Å²) < 4.78 is 6.43. The molecule has 1 rings (SSSR count). The van der Waals surface area contributed by atoms with E-state index in [0.717, 1.165) is 0 Å². The molecule has 152 valence electrons. The van der Waals surface area contributed by atoms with Crippen LogP contribution in [-0.4, -0.2) is 18.8 Å². The summed E-state index contributed by atoms with van der Waals surface area (Å²) in [7, 11) is 0. The molecule has 1 heteroatoms. The van der Waals surface area contributed by atoms with Gasteiger partial charge in [0.2, 0.25) is 0 Å². The fourth-order valence-electron chi connectivity index (χ4n) is 4.41. The molecule has 0 atom stereocenters. The van der Waals surface area contributed by atoms with Crippen LogP contribution in [0, 0.1) is 0 Å². The Labute approximate surface area is 169 Å². The number of hydrogen-bond acceptors (Lipinski definition) is 0. The molecule has 0 heterocycles. The van der Waals surface area contributed by atoms with Gasteiger partial charge in [-0.15, -0.1) is 0 Å². The Morgan fingerprint density at radius 1 is 0.538 bits per heavy atom. The van der Waals surface area contributed by atoms with Crippen molar-refractivity contribution in [1.82, 2.24) is 0 Å². The van der Waals surface area contributed by atoms with Gasteiger partial charge in [0.1, 0.15) is 0 Å². The van der Waals surface area contributed by atoms with Crippen molar-refractivity contribution >= 4 is 18.8 Å². The van der Waals surface area contributed by atoms with E-state index in [2.05, 4.69) is 51.1 Å². The predicted octanol–water partition coefficient (Wildman–Crippen LogP) is 8.69. The van der Waals surface area contributed by atoms with Gasteiger partial charge in [-0.3, -0.25) is 0 Å². The van der Waals surface area contributed by atoms with Crippen molar-refractivity contribution in [2.24, 2.45) is 0 Å². The molecule has 0 radical (unpaired) electrons. The van der Waals surface area contributed by atoms with Crippen molar-refractivity contribution in [3.05, 3.63) is 35.9 Å². The Hall–Kier alpha value is 0.0382. The van der Waals surface area contributed by atoms with Gasteiger partial charge in [0.05, 0.1) is 0 Å². The molecule has 0 unspecified atom stereocenters. The van der Waals surface area contributed by atoms with Crippen LogP contribution in [0.1, 0.15) is 103 Å². The zero-order valence-corrected chi connectivity index (χ0v) is 21.1. The van der Waals surface area contributed by atoms with Crippen LogP contribution >= 0.6 is 0 Å². The first-order valence-corrected chi connectivity index (χ1v) is 19.9. The van der Waals surface area contributed by atoms with Crippen LogP contribution in [0.25, 0.3) is 0 Å². The van der Waals surface area contributed by atoms with E-state index in [1.165, 1.54) is 81.4 Å². The van der Waals surface area contributed by atoms with Crippen molar-refractivity contribution in [3.8, 4) is 0 Å². The summed E-state index contributed by atoms with van der Waals surface area (Å²) in [5.74, 6) is 0. The third kappa shape index (κ3) is 11.0. The molecule has 0 aliphatic rings. The fraction of sp³-hybridized carbons (Fsp3) is 0.760. The monoisotopic (exact) mass is 468 g/mol. The number of hydrogen-bond donors (Lipinski definition) is 0. The van der Waals surface area contributed by atoms with Crippen LogP contribution < -0.4 is 0 Å². The van der Waals surface area contributed by atoms with Gasteiger partial charge < -0.3 is 0 Å². The van der Waals surface area contributed by atoms with E-state index in [0.29, 0.717) is 0 Å². The number of benzene rings is 1. The molecular formula is C25H47Sb. The van der Waals surface area contributed by atoms with E-state index < -0.39 is 18.8 Å². The molecule has 0 amide bonds. The van der Waals surface area contributed by atoms with Crippen molar-refractivity contribution in [2.45, 2.75) is 115 Å². The quantitative estimate of drug-likeness (QED) is 0.158. The van der Waals surface area contributed by atoms with E-state index >= 15 is 0 Å². The normalized spacial score (nSPS) is 12.4. The molecule has 0 N–H and O–H groups in total. The minimum absolute atomic E-state index is 1.37. The van der Waals surface area contributed by atoms with Gasteiger partial charge in [-0.25, -0.2) is 0 Å². The Balaban J connectivity index is 2.54. The first kappa shape index (κ1) is 24.1. The van der Waals surface area contributed by atoms with Crippen molar-refractivity contribution in [2.75, 3.05) is 0 Å². The molecule has 1 aromatic carbocycles. The second-order valence-electron chi connectivity index (χ2n) is 8.59. The molecule has 0 aliphatic heterocycles. The molecular weight excluding hydrogens is 422 g/mol. The molecule has 0 saturated carbocycles. The molecule has 0 bridgehead atoms. The van der Waals surface area contributed by atoms with Crippen LogP contribution in [0.15, 0.2) is 30.3 Å². The average molecular weight is 469 g/mol. The summed E-state index contributed by atoms with van der Waals surface area (Å²) in [5, 5.41) is 0. The van der Waals surface area contributed by atoms with E-state index in [1.54, 1.807) is 18.7 Å². The van der Waals surface area contributed by atoms with E-state index in [1.807, 2.05) is 0 Å². The van der Waals surface area contributed by atoms with Crippen LogP contribution in [0.5, 0.6) is 0 Å². The maximum atomic E-state index is 2.40. The van der Waals surface area contributed by atoms with E-state index in [4.69, 9.17) is 0 Å². The second-order valence-corrected chi connectivity index (χ2v) is 22.4. The van der Waals surface area contributed by atoms with Crippen LogP contribution in [0.4, 0.5) is 0 Å². The van der Waals surface area contributed by atoms with Gasteiger partial charge >= 0.3 is 170 Å². The topological polar surface area (TPSA) is 0 Å². The van der Waals surface area contributed by atoms with Gasteiger partial charge in [-0.1, -0.05) is 0 Å². The first-order chi connectivity index (χ1) is 12.8. The Morgan fingerprint density at radius 2 is 1.00 bits per heavy atom.